The van der Waals surface area contributed by atoms with Crippen molar-refractivity contribution >= 4 is 23.4 Å². The number of benzene rings is 1. The lowest BCUT2D eigenvalue weighted by atomic mass is 10.1. The van der Waals surface area contributed by atoms with Crippen molar-refractivity contribution in [2.45, 2.75) is 25.4 Å². The Kier molecular flexibility index (Phi) is 4.18. The maximum Gasteiger partial charge on any atom is 0.329 e. The van der Waals surface area contributed by atoms with Gasteiger partial charge in [-0.15, -0.1) is 0 Å². The standard InChI is InChI=1S/C16H19N3O4/c1-23-15(21)10-18-13-4-2-3-5-14(13)19(16(18)22)12-6-8-17(11-20)9-7-12/h2-5,11-12H,6-10H2,1H3. The van der Waals surface area contributed by atoms with E-state index in [9.17, 15) is 14.4 Å². The van der Waals surface area contributed by atoms with Crippen LogP contribution in [0.1, 0.15) is 18.9 Å². The van der Waals surface area contributed by atoms with E-state index in [0.29, 0.717) is 13.1 Å². The van der Waals surface area contributed by atoms with Crippen LogP contribution in [0, 0.1) is 0 Å². The van der Waals surface area contributed by atoms with Gasteiger partial charge in [0, 0.05) is 19.1 Å². The van der Waals surface area contributed by atoms with Crippen LogP contribution in [0.15, 0.2) is 29.1 Å². The minimum Gasteiger partial charge on any atom is -0.468 e. The fourth-order valence-corrected chi connectivity index (χ4v) is 3.18. The summed E-state index contributed by atoms with van der Waals surface area (Å²) < 4.78 is 7.89. The minimum absolute atomic E-state index is 0.0301. The molecule has 23 heavy (non-hydrogen) atoms. The molecule has 0 N–H and O–H groups in total. The second-order valence-electron chi connectivity index (χ2n) is 5.68. The zero-order valence-corrected chi connectivity index (χ0v) is 13.0. The summed E-state index contributed by atoms with van der Waals surface area (Å²) in [5.74, 6) is -0.453. The number of fused-ring (bicyclic) bond motifs is 1. The monoisotopic (exact) mass is 317 g/mol. The zero-order chi connectivity index (χ0) is 16.4. The molecule has 1 saturated heterocycles. The predicted octanol–water partition coefficient (Wildman–Crippen LogP) is 0.769. The molecule has 0 spiro atoms. The first kappa shape index (κ1) is 15.3. The molecule has 7 nitrogen and oxygen atoms in total. The largest absolute Gasteiger partial charge is 0.468 e. The number of imidazole rings is 1. The van der Waals surface area contributed by atoms with Gasteiger partial charge in [-0.2, -0.15) is 0 Å². The number of piperidine rings is 1. The molecule has 0 bridgehead atoms. The lowest BCUT2D eigenvalue weighted by molar-refractivity contribution is -0.141. The first-order chi connectivity index (χ1) is 11.2. The lowest BCUT2D eigenvalue weighted by Gasteiger charge is -2.29. The molecule has 122 valence electrons. The van der Waals surface area contributed by atoms with E-state index in [2.05, 4.69) is 4.74 Å². The highest BCUT2D eigenvalue weighted by molar-refractivity contribution is 5.78. The first-order valence-electron chi connectivity index (χ1n) is 7.61. The van der Waals surface area contributed by atoms with E-state index in [1.54, 1.807) is 9.47 Å². The van der Waals surface area contributed by atoms with Gasteiger partial charge in [-0.1, -0.05) is 12.1 Å². The van der Waals surface area contributed by atoms with E-state index in [0.717, 1.165) is 30.3 Å². The van der Waals surface area contributed by atoms with Crippen molar-refractivity contribution in [2.75, 3.05) is 20.2 Å². The van der Waals surface area contributed by atoms with Gasteiger partial charge in [-0.3, -0.25) is 18.7 Å². The second kappa shape index (κ2) is 6.28. The molecule has 1 aliphatic rings. The minimum atomic E-state index is -0.453. The molecular formula is C16H19N3O4. The number of amides is 1. The van der Waals surface area contributed by atoms with Crippen molar-refractivity contribution in [3.05, 3.63) is 34.7 Å². The highest BCUT2D eigenvalue weighted by Gasteiger charge is 2.25. The number of aromatic nitrogens is 2. The molecule has 0 radical (unpaired) electrons. The van der Waals surface area contributed by atoms with Crippen LogP contribution in [-0.4, -0.2) is 46.6 Å². The number of ether oxygens (including phenoxy) is 1. The van der Waals surface area contributed by atoms with E-state index in [4.69, 9.17) is 0 Å². The van der Waals surface area contributed by atoms with Crippen molar-refractivity contribution in [3.63, 3.8) is 0 Å². The molecule has 0 saturated carbocycles. The van der Waals surface area contributed by atoms with Gasteiger partial charge in [-0.05, 0) is 25.0 Å². The molecule has 0 aliphatic carbocycles. The third kappa shape index (κ3) is 2.74. The summed E-state index contributed by atoms with van der Waals surface area (Å²) in [5.41, 5.74) is 1.33. The predicted molar refractivity (Wildman–Crippen MR) is 84.1 cm³/mol. The molecule has 2 heterocycles. The Labute approximate surface area is 133 Å². The molecule has 1 fully saturated rings. The molecular weight excluding hydrogens is 298 g/mol. The van der Waals surface area contributed by atoms with Crippen LogP contribution in [0.25, 0.3) is 11.0 Å². The quantitative estimate of drug-likeness (QED) is 0.617. The second-order valence-corrected chi connectivity index (χ2v) is 5.68. The number of carbonyl (C=O) groups is 2. The van der Waals surface area contributed by atoms with Crippen molar-refractivity contribution < 1.29 is 14.3 Å². The molecule has 0 unspecified atom stereocenters. The number of esters is 1. The Morgan fingerprint density at radius 3 is 2.52 bits per heavy atom. The van der Waals surface area contributed by atoms with Crippen molar-refractivity contribution in [1.82, 2.24) is 14.0 Å². The number of hydrogen-bond donors (Lipinski definition) is 0. The first-order valence-corrected chi connectivity index (χ1v) is 7.61. The van der Waals surface area contributed by atoms with Gasteiger partial charge in [0.15, 0.2) is 0 Å². The van der Waals surface area contributed by atoms with E-state index in [1.807, 2.05) is 24.3 Å². The van der Waals surface area contributed by atoms with Crippen LogP contribution in [-0.2, 0) is 20.9 Å². The number of rotatable bonds is 4. The summed E-state index contributed by atoms with van der Waals surface area (Å²) >= 11 is 0. The number of para-hydroxylation sites is 2. The molecule has 1 aromatic carbocycles. The van der Waals surface area contributed by atoms with Crippen molar-refractivity contribution in [3.8, 4) is 0 Å². The molecule has 2 aromatic rings. The van der Waals surface area contributed by atoms with Crippen LogP contribution in [0.2, 0.25) is 0 Å². The van der Waals surface area contributed by atoms with E-state index >= 15 is 0 Å². The van der Waals surface area contributed by atoms with Crippen LogP contribution in [0.5, 0.6) is 0 Å². The van der Waals surface area contributed by atoms with E-state index in [-0.39, 0.29) is 18.3 Å². The van der Waals surface area contributed by atoms with E-state index < -0.39 is 5.97 Å². The van der Waals surface area contributed by atoms with Gasteiger partial charge in [0.1, 0.15) is 6.54 Å². The van der Waals surface area contributed by atoms with Gasteiger partial charge < -0.3 is 9.64 Å². The smallest absolute Gasteiger partial charge is 0.329 e. The molecule has 3 rings (SSSR count). The fraction of sp³-hybridized carbons (Fsp3) is 0.438. The number of likely N-dealkylation sites (tertiary alicyclic amines) is 1. The van der Waals surface area contributed by atoms with Gasteiger partial charge in [0.25, 0.3) is 0 Å². The SMILES string of the molecule is COC(=O)Cn1c(=O)n(C2CCN(C=O)CC2)c2ccccc21. The summed E-state index contributed by atoms with van der Waals surface area (Å²) in [6.45, 7) is 1.17. The van der Waals surface area contributed by atoms with Gasteiger partial charge >= 0.3 is 11.7 Å². The number of nitrogens with zero attached hydrogens (tertiary/aromatic N) is 3. The number of carbonyl (C=O) groups excluding carboxylic acids is 2. The molecule has 0 atom stereocenters. The molecule has 1 aromatic heterocycles. The average Bonchev–Trinajstić information content (AvgIpc) is 2.87. The maximum atomic E-state index is 12.8. The molecule has 1 amide bonds. The lowest BCUT2D eigenvalue weighted by Crippen LogP contribution is -2.37. The topological polar surface area (TPSA) is 73.5 Å². The highest BCUT2D eigenvalue weighted by Crippen LogP contribution is 2.25. The molecule has 1 aliphatic heterocycles. The van der Waals surface area contributed by atoms with E-state index in [1.165, 1.54) is 11.7 Å². The Morgan fingerprint density at radius 1 is 1.26 bits per heavy atom. The van der Waals surface area contributed by atoms with Gasteiger partial charge in [0.2, 0.25) is 6.41 Å². The zero-order valence-electron chi connectivity index (χ0n) is 13.0. The summed E-state index contributed by atoms with van der Waals surface area (Å²) in [4.78, 5) is 37.0. The highest BCUT2D eigenvalue weighted by atomic mass is 16.5. The van der Waals surface area contributed by atoms with Gasteiger partial charge in [0.05, 0.1) is 18.1 Å². The van der Waals surface area contributed by atoms with Crippen LogP contribution < -0.4 is 5.69 Å². The third-order valence-corrected chi connectivity index (χ3v) is 4.40. The number of methoxy groups -OCH3 is 1. The normalized spacial score (nSPS) is 15.8. The summed E-state index contributed by atoms with van der Waals surface area (Å²) in [6, 6.07) is 7.46. The van der Waals surface area contributed by atoms with Crippen LogP contribution >= 0.6 is 0 Å². The fourth-order valence-electron chi connectivity index (χ4n) is 3.18. The Balaban J connectivity index is 2.04. The average molecular weight is 317 g/mol. The van der Waals surface area contributed by atoms with Crippen LogP contribution in [0.3, 0.4) is 0 Å². The Bertz CT molecular complexity index is 784. The molecule has 7 heteroatoms. The summed E-state index contributed by atoms with van der Waals surface area (Å²) in [5, 5.41) is 0. The Hall–Kier alpha value is -2.57. The van der Waals surface area contributed by atoms with Crippen molar-refractivity contribution in [1.29, 1.82) is 0 Å². The number of hydrogen-bond acceptors (Lipinski definition) is 4. The maximum absolute atomic E-state index is 12.8. The Morgan fingerprint density at radius 2 is 1.91 bits per heavy atom. The summed E-state index contributed by atoms with van der Waals surface area (Å²) in [7, 11) is 1.31. The summed E-state index contributed by atoms with van der Waals surface area (Å²) in [6.07, 6.45) is 2.30. The third-order valence-electron chi connectivity index (χ3n) is 4.40. The van der Waals surface area contributed by atoms with Gasteiger partial charge in [-0.25, -0.2) is 4.79 Å². The van der Waals surface area contributed by atoms with Crippen molar-refractivity contribution in [2.24, 2.45) is 0 Å². The van der Waals surface area contributed by atoms with Crippen LogP contribution in [0.4, 0.5) is 0 Å².